The second kappa shape index (κ2) is 6.34. The van der Waals surface area contributed by atoms with Crippen LogP contribution in [0.4, 0.5) is 0 Å². The first-order valence-corrected chi connectivity index (χ1v) is 8.17. The number of thiophene rings is 1. The first-order chi connectivity index (χ1) is 8.03. The molecule has 1 aliphatic carbocycles. The van der Waals surface area contributed by atoms with E-state index in [0.29, 0.717) is 16.7 Å². The Hall–Kier alpha value is -0.140. The van der Waals surface area contributed by atoms with Crippen LogP contribution in [-0.4, -0.2) is 21.0 Å². The standard InChI is InChI=1S/C11H18N2O2S2.ClH/c1-2-9-5-6-11(16-9)17(14,15)13-7-10(12)8-3-4-8;/h5-6,8,10,13H,2-4,7,12H2,1H3;1H. The summed E-state index contributed by atoms with van der Waals surface area (Å²) in [5.41, 5.74) is 5.87. The van der Waals surface area contributed by atoms with E-state index in [9.17, 15) is 8.42 Å². The molecule has 1 aliphatic rings. The second-order valence-electron chi connectivity index (χ2n) is 4.43. The van der Waals surface area contributed by atoms with Gasteiger partial charge in [-0.2, -0.15) is 0 Å². The van der Waals surface area contributed by atoms with E-state index in [0.717, 1.165) is 24.1 Å². The molecule has 0 radical (unpaired) electrons. The van der Waals surface area contributed by atoms with Crippen molar-refractivity contribution >= 4 is 33.8 Å². The minimum atomic E-state index is -3.36. The fourth-order valence-corrected chi connectivity index (χ4v) is 4.07. The third kappa shape index (κ3) is 3.93. The highest BCUT2D eigenvalue weighted by Gasteiger charge is 2.29. The van der Waals surface area contributed by atoms with Crippen LogP contribution in [0.25, 0.3) is 0 Å². The Morgan fingerprint density at radius 1 is 1.50 bits per heavy atom. The van der Waals surface area contributed by atoms with Crippen LogP contribution < -0.4 is 10.5 Å². The first kappa shape index (κ1) is 15.9. The van der Waals surface area contributed by atoms with Crippen LogP contribution in [-0.2, 0) is 16.4 Å². The molecule has 1 saturated carbocycles. The van der Waals surface area contributed by atoms with Gasteiger partial charge in [0.05, 0.1) is 0 Å². The molecule has 1 heterocycles. The highest BCUT2D eigenvalue weighted by molar-refractivity contribution is 7.91. The molecule has 3 N–H and O–H groups in total. The summed E-state index contributed by atoms with van der Waals surface area (Å²) in [4.78, 5) is 1.08. The molecule has 4 nitrogen and oxygen atoms in total. The summed E-state index contributed by atoms with van der Waals surface area (Å²) in [7, 11) is -3.36. The van der Waals surface area contributed by atoms with E-state index in [2.05, 4.69) is 4.72 Å². The Morgan fingerprint density at radius 3 is 2.67 bits per heavy atom. The SMILES string of the molecule is CCc1ccc(S(=O)(=O)NCC(N)C2CC2)s1.Cl. The van der Waals surface area contributed by atoms with Crippen LogP contribution in [0.15, 0.2) is 16.3 Å². The third-order valence-electron chi connectivity index (χ3n) is 2.99. The maximum atomic E-state index is 12.0. The molecule has 0 amide bonds. The van der Waals surface area contributed by atoms with Crippen LogP contribution >= 0.6 is 23.7 Å². The summed E-state index contributed by atoms with van der Waals surface area (Å²) < 4.78 is 26.9. The van der Waals surface area contributed by atoms with E-state index >= 15 is 0 Å². The van der Waals surface area contributed by atoms with Gasteiger partial charge in [-0.3, -0.25) is 0 Å². The Morgan fingerprint density at radius 2 is 2.17 bits per heavy atom. The fourth-order valence-electron chi connectivity index (χ4n) is 1.66. The lowest BCUT2D eigenvalue weighted by atomic mass is 10.2. The minimum Gasteiger partial charge on any atom is -0.326 e. The molecule has 0 aliphatic heterocycles. The molecule has 1 aromatic heterocycles. The van der Waals surface area contributed by atoms with E-state index < -0.39 is 10.0 Å². The van der Waals surface area contributed by atoms with Crippen molar-refractivity contribution in [3.63, 3.8) is 0 Å². The fraction of sp³-hybridized carbons (Fsp3) is 0.636. The van der Waals surface area contributed by atoms with E-state index in [1.807, 2.05) is 13.0 Å². The normalized spacial score (nSPS) is 17.2. The number of nitrogens with two attached hydrogens (primary N) is 1. The van der Waals surface area contributed by atoms with Gasteiger partial charge in [-0.25, -0.2) is 13.1 Å². The molecule has 1 unspecified atom stereocenters. The van der Waals surface area contributed by atoms with E-state index in [1.165, 1.54) is 11.3 Å². The number of halogens is 1. The maximum Gasteiger partial charge on any atom is 0.250 e. The molecule has 0 saturated heterocycles. The highest BCUT2D eigenvalue weighted by atomic mass is 35.5. The number of sulfonamides is 1. The van der Waals surface area contributed by atoms with Crippen molar-refractivity contribution in [1.82, 2.24) is 4.72 Å². The monoisotopic (exact) mass is 310 g/mol. The van der Waals surface area contributed by atoms with E-state index in [1.54, 1.807) is 6.07 Å². The van der Waals surface area contributed by atoms with Crippen LogP contribution in [0, 0.1) is 5.92 Å². The lowest BCUT2D eigenvalue weighted by Gasteiger charge is -2.10. The Kier molecular flexibility index (Phi) is 5.61. The van der Waals surface area contributed by atoms with Gasteiger partial charge in [0.1, 0.15) is 4.21 Å². The molecule has 1 atom stereocenters. The lowest BCUT2D eigenvalue weighted by Crippen LogP contribution is -2.38. The van der Waals surface area contributed by atoms with Crippen molar-refractivity contribution in [3.8, 4) is 0 Å². The topological polar surface area (TPSA) is 72.2 Å². The predicted molar refractivity (Wildman–Crippen MR) is 76.8 cm³/mol. The van der Waals surface area contributed by atoms with Crippen molar-refractivity contribution in [2.24, 2.45) is 11.7 Å². The average molecular weight is 311 g/mol. The van der Waals surface area contributed by atoms with Gasteiger partial charge in [0.2, 0.25) is 10.0 Å². The van der Waals surface area contributed by atoms with Crippen LogP contribution in [0.1, 0.15) is 24.6 Å². The molecule has 7 heteroatoms. The minimum absolute atomic E-state index is 0. The predicted octanol–water partition coefficient (Wildman–Crippen LogP) is 1.75. The van der Waals surface area contributed by atoms with E-state index in [-0.39, 0.29) is 18.4 Å². The molecule has 1 fully saturated rings. The zero-order valence-electron chi connectivity index (χ0n) is 10.3. The van der Waals surface area contributed by atoms with Crippen LogP contribution in [0.2, 0.25) is 0 Å². The zero-order valence-corrected chi connectivity index (χ0v) is 12.7. The average Bonchev–Trinajstić information content (AvgIpc) is 3.03. The van der Waals surface area contributed by atoms with Gasteiger partial charge in [-0.1, -0.05) is 6.92 Å². The molecule has 0 bridgehead atoms. The van der Waals surface area contributed by atoms with Crippen molar-refractivity contribution in [1.29, 1.82) is 0 Å². The first-order valence-electron chi connectivity index (χ1n) is 5.87. The third-order valence-corrected chi connectivity index (χ3v) is 6.13. The molecule has 2 rings (SSSR count). The molecule has 18 heavy (non-hydrogen) atoms. The van der Waals surface area contributed by atoms with Gasteiger partial charge >= 0.3 is 0 Å². The van der Waals surface area contributed by atoms with Gasteiger partial charge in [0.15, 0.2) is 0 Å². The van der Waals surface area contributed by atoms with Crippen molar-refractivity contribution in [3.05, 3.63) is 17.0 Å². The Balaban J connectivity index is 0.00000162. The largest absolute Gasteiger partial charge is 0.326 e. The second-order valence-corrected chi connectivity index (χ2v) is 7.59. The smallest absolute Gasteiger partial charge is 0.250 e. The van der Waals surface area contributed by atoms with Crippen molar-refractivity contribution in [2.45, 2.75) is 36.4 Å². The Labute approximate surface area is 118 Å². The summed E-state index contributed by atoms with van der Waals surface area (Å²) in [5.74, 6) is 0.507. The quantitative estimate of drug-likeness (QED) is 0.841. The van der Waals surface area contributed by atoms with E-state index in [4.69, 9.17) is 5.73 Å². The number of nitrogens with one attached hydrogen (secondary N) is 1. The van der Waals surface area contributed by atoms with Gasteiger partial charge in [-0.15, -0.1) is 23.7 Å². The Bertz CT molecular complexity index is 483. The number of hydrogen-bond acceptors (Lipinski definition) is 4. The summed E-state index contributed by atoms with van der Waals surface area (Å²) in [5, 5.41) is 0. The molecule has 1 aromatic rings. The van der Waals surface area contributed by atoms with Crippen molar-refractivity contribution in [2.75, 3.05) is 6.54 Å². The number of aryl methyl sites for hydroxylation is 1. The van der Waals surface area contributed by atoms with Crippen molar-refractivity contribution < 1.29 is 8.42 Å². The summed E-state index contributed by atoms with van der Waals surface area (Å²) >= 11 is 1.32. The lowest BCUT2D eigenvalue weighted by molar-refractivity contribution is 0.549. The maximum absolute atomic E-state index is 12.0. The molecule has 0 aromatic carbocycles. The molecule has 0 spiro atoms. The number of hydrogen-bond donors (Lipinski definition) is 2. The molecular weight excluding hydrogens is 292 g/mol. The zero-order chi connectivity index (χ0) is 12.5. The number of rotatable bonds is 6. The summed E-state index contributed by atoms with van der Waals surface area (Å²) in [6.07, 6.45) is 3.12. The molecule has 104 valence electrons. The summed E-state index contributed by atoms with van der Waals surface area (Å²) in [6.45, 7) is 2.35. The van der Waals surface area contributed by atoms with Crippen LogP contribution in [0.3, 0.4) is 0 Å². The van der Waals surface area contributed by atoms with Gasteiger partial charge < -0.3 is 5.73 Å². The van der Waals surface area contributed by atoms with Gasteiger partial charge in [0.25, 0.3) is 0 Å². The van der Waals surface area contributed by atoms with Crippen LogP contribution in [0.5, 0.6) is 0 Å². The summed E-state index contributed by atoms with van der Waals surface area (Å²) in [6, 6.07) is 3.48. The van der Waals surface area contributed by atoms with Gasteiger partial charge in [-0.05, 0) is 37.3 Å². The van der Waals surface area contributed by atoms with Gasteiger partial charge in [0, 0.05) is 17.5 Å². The highest BCUT2D eigenvalue weighted by Crippen LogP contribution is 2.31. The molecular formula is C11H19ClN2O2S2.